The van der Waals surface area contributed by atoms with Crippen molar-refractivity contribution in [2.75, 3.05) is 0 Å². The molecule has 3 nitrogen and oxygen atoms in total. The van der Waals surface area contributed by atoms with E-state index in [-0.39, 0.29) is 23.8 Å². The largest absolute Gasteiger partial charge is 0.322 e. The third kappa shape index (κ3) is 2.34. The van der Waals surface area contributed by atoms with Gasteiger partial charge in [-0.1, -0.05) is 13.8 Å². The summed E-state index contributed by atoms with van der Waals surface area (Å²) in [5.74, 6) is -0.0991. The molecule has 0 aliphatic heterocycles. The van der Waals surface area contributed by atoms with Gasteiger partial charge in [-0.2, -0.15) is 5.26 Å². The van der Waals surface area contributed by atoms with E-state index in [9.17, 15) is 4.79 Å². The number of nitrogens with two attached hydrogens (primary N) is 1. The smallest absolute Gasteiger partial charge is 0.178 e. The van der Waals surface area contributed by atoms with Crippen LogP contribution in [-0.2, 0) is 4.79 Å². The number of ketones is 1. The Hall–Kier alpha value is -0.850. The Morgan fingerprint density at radius 1 is 1.50 bits per heavy atom. The van der Waals surface area contributed by atoms with Crippen molar-refractivity contribution in [1.29, 1.82) is 5.26 Å². The molecule has 0 saturated heterocycles. The number of hydrogen-bond donors (Lipinski definition) is 1. The normalized spacial score (nSPS) is 29.9. The Bertz CT molecular complexity index is 324. The summed E-state index contributed by atoms with van der Waals surface area (Å²) in [6.07, 6.45) is 2.16. The molecule has 0 spiro atoms. The summed E-state index contributed by atoms with van der Waals surface area (Å²) in [5, 5.41) is 8.73. The van der Waals surface area contributed by atoms with E-state index in [1.807, 2.05) is 26.8 Å². The van der Waals surface area contributed by atoms with Gasteiger partial charge in [0.1, 0.15) is 6.07 Å². The maximum absolute atomic E-state index is 11.6. The fraction of sp³-hybridized carbons (Fsp3) is 0.600. The molecule has 2 N–H and O–H groups in total. The van der Waals surface area contributed by atoms with Crippen LogP contribution >= 0.6 is 12.4 Å². The average Bonchev–Trinajstić information content (AvgIpc) is 1.95. The van der Waals surface area contributed by atoms with Gasteiger partial charge in [0.15, 0.2) is 5.78 Å². The molecule has 0 fully saturated rings. The first-order valence-electron chi connectivity index (χ1n) is 4.25. The monoisotopic (exact) mass is 214 g/mol. The topological polar surface area (TPSA) is 66.9 Å². The molecule has 78 valence electrons. The van der Waals surface area contributed by atoms with Crippen LogP contribution < -0.4 is 5.73 Å². The van der Waals surface area contributed by atoms with E-state index in [4.69, 9.17) is 11.0 Å². The van der Waals surface area contributed by atoms with E-state index in [1.54, 1.807) is 6.08 Å². The third-order valence-corrected chi connectivity index (χ3v) is 2.28. The van der Waals surface area contributed by atoms with Crippen LogP contribution in [0.15, 0.2) is 11.6 Å². The van der Waals surface area contributed by atoms with Crippen molar-refractivity contribution in [3.8, 4) is 6.07 Å². The molecule has 14 heavy (non-hydrogen) atoms. The molecule has 1 atom stereocenters. The molecule has 4 heteroatoms. The van der Waals surface area contributed by atoms with Gasteiger partial charge in [-0.25, -0.2) is 0 Å². The van der Waals surface area contributed by atoms with Crippen LogP contribution in [0.2, 0.25) is 0 Å². The highest BCUT2D eigenvalue weighted by Crippen LogP contribution is 2.35. The lowest BCUT2D eigenvalue weighted by atomic mass is 9.69. The Labute approximate surface area is 90.4 Å². The minimum absolute atomic E-state index is 0. The zero-order valence-corrected chi connectivity index (χ0v) is 9.44. The first-order valence-corrected chi connectivity index (χ1v) is 4.25. The van der Waals surface area contributed by atoms with Crippen LogP contribution in [0.1, 0.15) is 27.2 Å². The molecular formula is C10H15ClN2O. The van der Waals surface area contributed by atoms with Gasteiger partial charge < -0.3 is 5.73 Å². The van der Waals surface area contributed by atoms with Crippen LogP contribution in [0.4, 0.5) is 0 Å². The molecule has 1 unspecified atom stereocenters. The lowest BCUT2D eigenvalue weighted by molar-refractivity contribution is -0.124. The summed E-state index contributed by atoms with van der Waals surface area (Å²) in [4.78, 5) is 11.6. The molecule has 0 aromatic heterocycles. The molecule has 0 bridgehead atoms. The van der Waals surface area contributed by atoms with Gasteiger partial charge in [-0.05, 0) is 19.4 Å². The van der Waals surface area contributed by atoms with Gasteiger partial charge in [-0.3, -0.25) is 4.79 Å². The highest BCUT2D eigenvalue weighted by molar-refractivity contribution is 6.03. The number of nitriles is 1. The Balaban J connectivity index is 0.00000169. The van der Waals surface area contributed by atoms with Crippen LogP contribution in [0.3, 0.4) is 0 Å². The van der Waals surface area contributed by atoms with E-state index in [0.717, 1.165) is 0 Å². The van der Waals surface area contributed by atoms with Gasteiger partial charge >= 0.3 is 0 Å². The zero-order chi connectivity index (χ0) is 10.3. The standard InChI is InChI=1S/C10H14N2O.ClH/c1-9(2)6-10(3,12)4-7(5-11)8(9)13;/h4H,6,12H2,1-3H3;1H. The molecule has 1 aliphatic carbocycles. The predicted octanol–water partition coefficient (Wildman–Crippen LogP) is 1.57. The number of hydrogen-bond acceptors (Lipinski definition) is 3. The first-order chi connectivity index (χ1) is 5.78. The maximum atomic E-state index is 11.6. The van der Waals surface area contributed by atoms with Crippen molar-refractivity contribution in [3.05, 3.63) is 11.6 Å². The molecule has 0 aromatic carbocycles. The minimum Gasteiger partial charge on any atom is -0.322 e. The number of allylic oxidation sites excluding steroid dienone is 1. The number of halogens is 1. The van der Waals surface area contributed by atoms with E-state index in [1.165, 1.54) is 0 Å². The maximum Gasteiger partial charge on any atom is 0.178 e. The average molecular weight is 215 g/mol. The molecule has 1 rings (SSSR count). The molecule has 0 heterocycles. The predicted molar refractivity (Wildman–Crippen MR) is 56.9 cm³/mol. The van der Waals surface area contributed by atoms with Crippen molar-refractivity contribution in [1.82, 2.24) is 0 Å². The van der Waals surface area contributed by atoms with E-state index in [0.29, 0.717) is 6.42 Å². The fourth-order valence-corrected chi connectivity index (χ4v) is 1.93. The third-order valence-electron chi connectivity index (χ3n) is 2.28. The van der Waals surface area contributed by atoms with Crippen LogP contribution in [0, 0.1) is 16.7 Å². The fourth-order valence-electron chi connectivity index (χ4n) is 1.93. The minimum atomic E-state index is -0.539. The van der Waals surface area contributed by atoms with E-state index in [2.05, 4.69) is 0 Å². The SMILES string of the molecule is CC1(N)C=C(C#N)C(=O)C(C)(C)C1.Cl. The first kappa shape index (κ1) is 13.2. The quantitative estimate of drug-likeness (QED) is 0.666. The Kier molecular flexibility index (Phi) is 3.49. The highest BCUT2D eigenvalue weighted by Gasteiger charge is 2.40. The van der Waals surface area contributed by atoms with Crippen molar-refractivity contribution >= 4 is 18.2 Å². The highest BCUT2D eigenvalue weighted by atomic mass is 35.5. The van der Waals surface area contributed by atoms with Crippen LogP contribution in [-0.4, -0.2) is 11.3 Å². The van der Waals surface area contributed by atoms with Crippen LogP contribution in [0.25, 0.3) is 0 Å². The number of carbonyl (C=O) groups is 1. The second-order valence-electron chi connectivity index (χ2n) is 4.57. The number of carbonyl (C=O) groups excluding carboxylic acids is 1. The molecule has 0 radical (unpaired) electrons. The summed E-state index contributed by atoms with van der Waals surface area (Å²) in [6, 6.07) is 1.90. The number of Topliss-reactive ketones (excluding diaryl/α,β-unsaturated/α-hetero) is 1. The second kappa shape index (κ2) is 3.72. The lowest BCUT2D eigenvalue weighted by Gasteiger charge is -2.35. The zero-order valence-electron chi connectivity index (χ0n) is 8.63. The summed E-state index contributed by atoms with van der Waals surface area (Å²) in [6.45, 7) is 5.48. The number of nitrogens with zero attached hydrogens (tertiary/aromatic N) is 1. The molecule has 0 amide bonds. The van der Waals surface area contributed by atoms with Gasteiger partial charge in [0.05, 0.1) is 5.57 Å². The lowest BCUT2D eigenvalue weighted by Crippen LogP contribution is -2.46. The Morgan fingerprint density at radius 2 is 2.00 bits per heavy atom. The van der Waals surface area contributed by atoms with Gasteiger partial charge in [0.2, 0.25) is 0 Å². The second-order valence-corrected chi connectivity index (χ2v) is 4.57. The Morgan fingerprint density at radius 3 is 2.43 bits per heavy atom. The van der Waals surface area contributed by atoms with Crippen LogP contribution in [0.5, 0.6) is 0 Å². The van der Waals surface area contributed by atoms with Gasteiger partial charge in [-0.15, -0.1) is 12.4 Å². The number of rotatable bonds is 0. The van der Waals surface area contributed by atoms with Crippen molar-refractivity contribution < 1.29 is 4.79 Å². The van der Waals surface area contributed by atoms with Gasteiger partial charge in [0.25, 0.3) is 0 Å². The molecular weight excluding hydrogens is 200 g/mol. The molecule has 0 aromatic rings. The van der Waals surface area contributed by atoms with Crippen molar-refractivity contribution in [2.24, 2.45) is 11.1 Å². The van der Waals surface area contributed by atoms with E-state index >= 15 is 0 Å². The molecule has 1 aliphatic rings. The van der Waals surface area contributed by atoms with Crippen molar-refractivity contribution in [2.45, 2.75) is 32.7 Å². The van der Waals surface area contributed by atoms with Gasteiger partial charge in [0, 0.05) is 11.0 Å². The summed E-state index contributed by atoms with van der Waals surface area (Å²) in [5.41, 5.74) is 5.05. The summed E-state index contributed by atoms with van der Waals surface area (Å²) < 4.78 is 0. The summed E-state index contributed by atoms with van der Waals surface area (Å²) in [7, 11) is 0. The summed E-state index contributed by atoms with van der Waals surface area (Å²) >= 11 is 0. The van der Waals surface area contributed by atoms with E-state index < -0.39 is 11.0 Å². The molecule has 0 saturated carbocycles. The van der Waals surface area contributed by atoms with Crippen molar-refractivity contribution in [3.63, 3.8) is 0 Å².